The van der Waals surface area contributed by atoms with Crippen LogP contribution in [0.15, 0.2) is 90.3 Å². The number of aromatic nitrogens is 3. The van der Waals surface area contributed by atoms with Crippen LogP contribution in [-0.2, 0) is 11.0 Å². The summed E-state index contributed by atoms with van der Waals surface area (Å²) in [6, 6.07) is 20.6. The Balaban J connectivity index is 1.52. The van der Waals surface area contributed by atoms with Gasteiger partial charge in [0.1, 0.15) is 23.7 Å². The highest BCUT2D eigenvalue weighted by atomic mass is 32.2. The van der Waals surface area contributed by atoms with Crippen LogP contribution in [0, 0.1) is 17.1 Å². The van der Waals surface area contributed by atoms with Gasteiger partial charge in [0, 0.05) is 23.3 Å². The lowest BCUT2D eigenvalue weighted by atomic mass is 9.98. The van der Waals surface area contributed by atoms with Gasteiger partial charge in [0.15, 0.2) is 11.0 Å². The molecule has 5 aromatic rings. The van der Waals surface area contributed by atoms with Gasteiger partial charge in [-0.2, -0.15) is 5.26 Å². The average molecular weight is 496 g/mol. The Morgan fingerprint density at radius 3 is 2.64 bits per heavy atom. The van der Waals surface area contributed by atoms with E-state index in [0.717, 1.165) is 16.3 Å². The number of methoxy groups -OCH3 is 1. The smallest absolute Gasteiger partial charge is 0.151 e. The fraction of sp³-hybridized carbons (Fsp3) is 0.0370. The Morgan fingerprint density at radius 1 is 0.972 bits per heavy atom. The molecule has 7 nitrogen and oxygen atoms in total. The van der Waals surface area contributed by atoms with Crippen molar-refractivity contribution in [2.24, 2.45) is 0 Å². The number of rotatable bonds is 6. The van der Waals surface area contributed by atoms with E-state index < -0.39 is 16.8 Å². The highest BCUT2D eigenvalue weighted by Crippen LogP contribution is 2.37. The van der Waals surface area contributed by atoms with E-state index in [0.29, 0.717) is 33.3 Å². The molecule has 5 rings (SSSR count). The average Bonchev–Trinajstić information content (AvgIpc) is 2.92. The van der Waals surface area contributed by atoms with Gasteiger partial charge in [-0.1, -0.05) is 12.1 Å². The van der Waals surface area contributed by atoms with Crippen molar-refractivity contribution in [2.75, 3.05) is 11.8 Å². The van der Waals surface area contributed by atoms with Gasteiger partial charge in [0.2, 0.25) is 0 Å². The molecule has 0 aliphatic carbocycles. The number of pyridine rings is 1. The highest BCUT2D eigenvalue weighted by Gasteiger charge is 2.15. The molecule has 0 bridgehead atoms. The molecule has 1 atom stereocenters. The predicted octanol–water partition coefficient (Wildman–Crippen LogP) is 5.51. The topological polar surface area (TPSA) is 101 Å². The molecule has 36 heavy (non-hydrogen) atoms. The van der Waals surface area contributed by atoms with Crippen LogP contribution in [0.25, 0.3) is 33.2 Å². The number of nitrogens with one attached hydrogen (secondary N) is 1. The summed E-state index contributed by atoms with van der Waals surface area (Å²) < 4.78 is 35.3. The summed E-state index contributed by atoms with van der Waals surface area (Å²) in [5, 5.41) is 10.9. The summed E-state index contributed by atoms with van der Waals surface area (Å²) in [6.45, 7) is 0. The van der Waals surface area contributed by atoms with E-state index in [1.807, 2.05) is 36.4 Å². The summed E-state index contributed by atoms with van der Waals surface area (Å²) in [5.74, 6) is 0.530. The molecular weight excluding hydrogens is 477 g/mol. The van der Waals surface area contributed by atoms with Crippen LogP contribution >= 0.6 is 0 Å². The number of ether oxygens (including phenoxy) is 1. The van der Waals surface area contributed by atoms with Crippen LogP contribution in [-0.4, -0.2) is 26.3 Å². The number of anilines is 1. The van der Waals surface area contributed by atoms with Crippen molar-refractivity contribution in [2.45, 2.75) is 4.90 Å². The minimum atomic E-state index is -1.52. The highest BCUT2D eigenvalue weighted by molar-refractivity contribution is 7.86. The molecular formula is C27H18FN5O2S. The molecule has 1 unspecified atom stereocenters. The molecule has 2 heterocycles. The van der Waals surface area contributed by atoms with Gasteiger partial charge < -0.3 is 4.74 Å². The van der Waals surface area contributed by atoms with Crippen molar-refractivity contribution in [1.29, 1.82) is 5.26 Å². The first kappa shape index (κ1) is 23.1. The van der Waals surface area contributed by atoms with Crippen LogP contribution in [0.4, 0.5) is 10.2 Å². The molecule has 0 saturated heterocycles. The molecule has 0 amide bonds. The maximum atomic E-state index is 14.0. The van der Waals surface area contributed by atoms with E-state index in [1.54, 1.807) is 43.8 Å². The third-order valence-electron chi connectivity index (χ3n) is 5.55. The number of fused-ring (bicyclic) bond motifs is 1. The minimum Gasteiger partial charge on any atom is -0.496 e. The molecule has 0 fully saturated rings. The first-order valence-electron chi connectivity index (χ1n) is 10.8. The summed E-state index contributed by atoms with van der Waals surface area (Å²) >= 11 is 0. The summed E-state index contributed by atoms with van der Waals surface area (Å²) in [5.41, 5.74) is 2.96. The second kappa shape index (κ2) is 9.90. The molecule has 0 saturated carbocycles. The molecule has 0 radical (unpaired) electrons. The molecule has 9 heteroatoms. The number of hydrogen-bond donors (Lipinski definition) is 1. The van der Waals surface area contributed by atoms with E-state index in [1.165, 1.54) is 18.5 Å². The molecule has 2 aromatic heterocycles. The van der Waals surface area contributed by atoms with E-state index in [4.69, 9.17) is 4.74 Å². The molecule has 0 spiro atoms. The zero-order valence-electron chi connectivity index (χ0n) is 19.0. The first-order chi connectivity index (χ1) is 17.6. The van der Waals surface area contributed by atoms with Crippen molar-refractivity contribution in [3.05, 3.63) is 96.8 Å². The van der Waals surface area contributed by atoms with Crippen LogP contribution in [0.2, 0.25) is 0 Å². The van der Waals surface area contributed by atoms with Crippen molar-refractivity contribution < 1.29 is 13.3 Å². The zero-order chi connectivity index (χ0) is 25.1. The summed E-state index contributed by atoms with van der Waals surface area (Å²) in [7, 11) is 0.0401. The van der Waals surface area contributed by atoms with E-state index in [9.17, 15) is 13.9 Å². The van der Waals surface area contributed by atoms with Crippen LogP contribution in [0.3, 0.4) is 0 Å². The Bertz CT molecular complexity index is 1650. The summed E-state index contributed by atoms with van der Waals surface area (Å²) in [4.78, 5) is 13.1. The fourth-order valence-electron chi connectivity index (χ4n) is 3.88. The van der Waals surface area contributed by atoms with Crippen LogP contribution < -0.4 is 9.46 Å². The van der Waals surface area contributed by atoms with E-state index >= 15 is 0 Å². The number of benzene rings is 3. The Kier molecular flexibility index (Phi) is 6.34. The van der Waals surface area contributed by atoms with Crippen LogP contribution in [0.1, 0.15) is 5.56 Å². The monoisotopic (exact) mass is 495 g/mol. The molecule has 176 valence electrons. The lowest BCUT2D eigenvalue weighted by Crippen LogP contribution is -2.06. The third kappa shape index (κ3) is 4.62. The number of halogens is 1. The second-order valence-electron chi connectivity index (χ2n) is 7.76. The van der Waals surface area contributed by atoms with Gasteiger partial charge in [-0.15, -0.1) is 0 Å². The Labute approximate surface area is 208 Å². The zero-order valence-corrected chi connectivity index (χ0v) is 19.8. The predicted molar refractivity (Wildman–Crippen MR) is 136 cm³/mol. The van der Waals surface area contributed by atoms with Crippen molar-refractivity contribution in [3.8, 4) is 34.2 Å². The lowest BCUT2D eigenvalue weighted by molar-refractivity contribution is 0.416. The number of nitriles is 1. The van der Waals surface area contributed by atoms with Crippen molar-refractivity contribution >= 4 is 27.6 Å². The van der Waals surface area contributed by atoms with Gasteiger partial charge >= 0.3 is 0 Å². The van der Waals surface area contributed by atoms with Crippen molar-refractivity contribution in [1.82, 2.24) is 15.0 Å². The molecule has 0 aliphatic heterocycles. The molecule has 0 aliphatic rings. The Hall–Kier alpha value is -4.68. The SMILES string of the molecule is COc1cc(-c2cc(F)cc(C#N)c2)ccc1-c1nccc2cc(S(=O)Nc3ccncn3)ccc12. The van der Waals surface area contributed by atoms with E-state index in [2.05, 4.69) is 19.7 Å². The second-order valence-corrected chi connectivity index (χ2v) is 8.98. The minimum absolute atomic E-state index is 0.242. The normalized spacial score (nSPS) is 11.6. The number of hydrogen-bond acceptors (Lipinski definition) is 6. The molecule has 3 aromatic carbocycles. The quantitative estimate of drug-likeness (QED) is 0.333. The van der Waals surface area contributed by atoms with E-state index in [-0.39, 0.29) is 5.56 Å². The van der Waals surface area contributed by atoms with Gasteiger partial charge in [-0.3, -0.25) is 9.71 Å². The maximum Gasteiger partial charge on any atom is 0.151 e. The van der Waals surface area contributed by atoms with Gasteiger partial charge in [-0.05, 0) is 71.1 Å². The van der Waals surface area contributed by atoms with Crippen molar-refractivity contribution in [3.63, 3.8) is 0 Å². The van der Waals surface area contributed by atoms with Gasteiger partial charge in [0.25, 0.3) is 0 Å². The molecule has 1 N–H and O–H groups in total. The number of nitrogens with zero attached hydrogens (tertiary/aromatic N) is 4. The third-order valence-corrected chi connectivity index (χ3v) is 6.62. The van der Waals surface area contributed by atoms with Crippen LogP contribution in [0.5, 0.6) is 5.75 Å². The first-order valence-corrected chi connectivity index (χ1v) is 11.9. The fourth-order valence-corrected chi connectivity index (χ4v) is 4.73. The lowest BCUT2D eigenvalue weighted by Gasteiger charge is -2.13. The van der Waals surface area contributed by atoms with Gasteiger partial charge in [-0.25, -0.2) is 18.6 Å². The largest absolute Gasteiger partial charge is 0.496 e. The van der Waals surface area contributed by atoms with Gasteiger partial charge in [0.05, 0.1) is 29.3 Å². The summed E-state index contributed by atoms with van der Waals surface area (Å²) in [6.07, 6.45) is 4.63. The maximum absolute atomic E-state index is 14.0. The Morgan fingerprint density at radius 2 is 1.86 bits per heavy atom. The standard InChI is InChI=1S/C27H18FN5O2S/c1-35-25-14-18(20-10-17(15-29)11-21(28)12-20)2-4-24(25)27-23-5-3-22(13-19(23)6-9-31-27)36(34)33-26-7-8-30-16-32-26/h2-14,16H,1H3,(H,30,32,33).